The van der Waals surface area contributed by atoms with Gasteiger partial charge in [-0.05, 0) is 30.7 Å². The van der Waals surface area contributed by atoms with E-state index in [0.29, 0.717) is 5.56 Å². The van der Waals surface area contributed by atoms with Gasteiger partial charge in [-0.25, -0.2) is 4.98 Å². The molecule has 98 valence electrons. The highest BCUT2D eigenvalue weighted by Crippen LogP contribution is 2.08. The molecule has 0 atom stereocenters. The van der Waals surface area contributed by atoms with Crippen molar-refractivity contribution < 1.29 is 0 Å². The normalized spacial score (nSPS) is 10.3. The Bertz CT molecular complexity index is 548. The second kappa shape index (κ2) is 6.72. The number of hydrogen-bond donors (Lipinski definition) is 1. The van der Waals surface area contributed by atoms with Crippen LogP contribution in [0, 0.1) is 11.3 Å². The van der Waals surface area contributed by atoms with Gasteiger partial charge in [-0.3, -0.25) is 0 Å². The van der Waals surface area contributed by atoms with Gasteiger partial charge in [-0.1, -0.05) is 19.1 Å². The molecule has 19 heavy (non-hydrogen) atoms. The summed E-state index contributed by atoms with van der Waals surface area (Å²) in [6, 6.07) is 9.80. The largest absolute Gasteiger partial charge is 0.329 e. The third-order valence-electron chi connectivity index (χ3n) is 2.97. The molecular formula is C15H18N4. The Labute approximate surface area is 113 Å². The fourth-order valence-electron chi connectivity index (χ4n) is 1.91. The van der Waals surface area contributed by atoms with Gasteiger partial charge in [0, 0.05) is 19.3 Å². The summed E-state index contributed by atoms with van der Waals surface area (Å²) in [7, 11) is 0. The highest BCUT2D eigenvalue weighted by Gasteiger charge is 2.02. The minimum absolute atomic E-state index is 0.694. The van der Waals surface area contributed by atoms with Gasteiger partial charge < -0.3 is 9.88 Å². The SMILES string of the molecule is CCCNCc1cncn1Cc1ccc(C#N)cc1. The molecule has 2 rings (SSSR count). The molecule has 1 N–H and O–H groups in total. The third-order valence-corrected chi connectivity index (χ3v) is 2.97. The van der Waals surface area contributed by atoms with Crippen LogP contribution >= 0.6 is 0 Å². The summed E-state index contributed by atoms with van der Waals surface area (Å²) in [5, 5.41) is 12.2. The highest BCUT2D eigenvalue weighted by atomic mass is 15.1. The number of imidazole rings is 1. The molecular weight excluding hydrogens is 236 g/mol. The van der Waals surface area contributed by atoms with Crippen molar-refractivity contribution in [1.29, 1.82) is 5.26 Å². The van der Waals surface area contributed by atoms with Crippen molar-refractivity contribution in [3.8, 4) is 6.07 Å². The molecule has 0 amide bonds. The minimum Gasteiger partial charge on any atom is -0.329 e. The van der Waals surface area contributed by atoms with E-state index < -0.39 is 0 Å². The Hall–Kier alpha value is -2.12. The molecule has 0 bridgehead atoms. The lowest BCUT2D eigenvalue weighted by atomic mass is 10.1. The van der Waals surface area contributed by atoms with Crippen molar-refractivity contribution in [3.05, 3.63) is 53.6 Å². The average molecular weight is 254 g/mol. The number of nitriles is 1. The molecule has 0 fully saturated rings. The highest BCUT2D eigenvalue weighted by molar-refractivity contribution is 5.31. The maximum absolute atomic E-state index is 8.78. The van der Waals surface area contributed by atoms with Crippen molar-refractivity contribution in [1.82, 2.24) is 14.9 Å². The van der Waals surface area contributed by atoms with Gasteiger partial charge in [0.15, 0.2) is 0 Å². The van der Waals surface area contributed by atoms with Gasteiger partial charge in [-0.15, -0.1) is 0 Å². The van der Waals surface area contributed by atoms with Crippen molar-refractivity contribution >= 4 is 0 Å². The van der Waals surface area contributed by atoms with E-state index in [-0.39, 0.29) is 0 Å². The van der Waals surface area contributed by atoms with Crippen LogP contribution in [0.2, 0.25) is 0 Å². The molecule has 2 aromatic rings. The first-order valence-corrected chi connectivity index (χ1v) is 6.52. The standard InChI is InChI=1S/C15H18N4/c1-2-7-17-9-15-10-18-12-19(15)11-14-5-3-13(8-16)4-6-14/h3-6,10,12,17H,2,7,9,11H2,1H3. The smallest absolute Gasteiger partial charge is 0.0991 e. The van der Waals surface area contributed by atoms with E-state index in [4.69, 9.17) is 5.26 Å². The van der Waals surface area contributed by atoms with Crippen LogP contribution in [0.5, 0.6) is 0 Å². The first-order valence-electron chi connectivity index (χ1n) is 6.52. The summed E-state index contributed by atoms with van der Waals surface area (Å²) in [4.78, 5) is 4.20. The Morgan fingerprint density at radius 1 is 1.32 bits per heavy atom. The lowest BCUT2D eigenvalue weighted by Gasteiger charge is -2.09. The number of nitrogens with one attached hydrogen (secondary N) is 1. The summed E-state index contributed by atoms with van der Waals surface area (Å²) in [5.74, 6) is 0. The minimum atomic E-state index is 0.694. The van der Waals surface area contributed by atoms with Crippen LogP contribution < -0.4 is 5.32 Å². The van der Waals surface area contributed by atoms with Gasteiger partial charge in [0.05, 0.1) is 23.7 Å². The molecule has 0 unspecified atom stereocenters. The lowest BCUT2D eigenvalue weighted by molar-refractivity contribution is 0.630. The predicted octanol–water partition coefficient (Wildman–Crippen LogP) is 2.30. The van der Waals surface area contributed by atoms with E-state index in [1.54, 1.807) is 0 Å². The van der Waals surface area contributed by atoms with Crippen molar-refractivity contribution in [2.75, 3.05) is 6.54 Å². The maximum atomic E-state index is 8.78. The van der Waals surface area contributed by atoms with Crippen LogP contribution in [0.15, 0.2) is 36.8 Å². The molecule has 4 heteroatoms. The van der Waals surface area contributed by atoms with E-state index in [0.717, 1.165) is 26.1 Å². The number of nitrogens with zero attached hydrogens (tertiary/aromatic N) is 3. The summed E-state index contributed by atoms with van der Waals surface area (Å²) in [5.41, 5.74) is 3.05. The Balaban J connectivity index is 2.02. The van der Waals surface area contributed by atoms with Gasteiger partial charge >= 0.3 is 0 Å². The van der Waals surface area contributed by atoms with Crippen LogP contribution in [0.25, 0.3) is 0 Å². The summed E-state index contributed by atoms with van der Waals surface area (Å²) in [6.07, 6.45) is 4.87. The Morgan fingerprint density at radius 3 is 2.79 bits per heavy atom. The maximum Gasteiger partial charge on any atom is 0.0991 e. The van der Waals surface area contributed by atoms with E-state index in [1.165, 1.54) is 11.3 Å². The average Bonchev–Trinajstić information content (AvgIpc) is 2.87. The molecule has 0 saturated carbocycles. The first kappa shape index (κ1) is 13.3. The number of rotatable bonds is 6. The number of hydrogen-bond acceptors (Lipinski definition) is 3. The van der Waals surface area contributed by atoms with Crippen LogP contribution in [-0.2, 0) is 13.1 Å². The molecule has 1 aromatic carbocycles. The fourth-order valence-corrected chi connectivity index (χ4v) is 1.91. The number of aromatic nitrogens is 2. The van der Waals surface area contributed by atoms with Crippen LogP contribution in [0.1, 0.15) is 30.2 Å². The Kier molecular flexibility index (Phi) is 4.71. The number of benzene rings is 1. The quantitative estimate of drug-likeness (QED) is 0.805. The second-order valence-corrected chi connectivity index (χ2v) is 4.50. The van der Waals surface area contributed by atoms with Crippen molar-refractivity contribution in [3.63, 3.8) is 0 Å². The topological polar surface area (TPSA) is 53.6 Å². The zero-order chi connectivity index (χ0) is 13.5. The van der Waals surface area contributed by atoms with Gasteiger partial charge in [0.1, 0.15) is 0 Å². The molecule has 0 radical (unpaired) electrons. The second-order valence-electron chi connectivity index (χ2n) is 4.50. The molecule has 1 aromatic heterocycles. The molecule has 4 nitrogen and oxygen atoms in total. The molecule has 0 saturated heterocycles. The van der Waals surface area contributed by atoms with Gasteiger partial charge in [0.2, 0.25) is 0 Å². The van der Waals surface area contributed by atoms with Gasteiger partial charge in [-0.2, -0.15) is 5.26 Å². The predicted molar refractivity (Wildman–Crippen MR) is 74.5 cm³/mol. The first-order chi connectivity index (χ1) is 9.33. The molecule has 0 aliphatic rings. The van der Waals surface area contributed by atoms with Crippen LogP contribution in [-0.4, -0.2) is 16.1 Å². The van der Waals surface area contributed by atoms with Gasteiger partial charge in [0.25, 0.3) is 0 Å². The molecule has 0 aliphatic carbocycles. The summed E-state index contributed by atoms with van der Waals surface area (Å²) < 4.78 is 2.13. The van der Waals surface area contributed by atoms with E-state index in [9.17, 15) is 0 Å². The molecule has 0 aliphatic heterocycles. The zero-order valence-corrected chi connectivity index (χ0v) is 11.1. The van der Waals surface area contributed by atoms with Crippen LogP contribution in [0.4, 0.5) is 0 Å². The van der Waals surface area contributed by atoms with E-state index >= 15 is 0 Å². The van der Waals surface area contributed by atoms with E-state index in [1.807, 2.05) is 36.8 Å². The Morgan fingerprint density at radius 2 is 2.11 bits per heavy atom. The fraction of sp³-hybridized carbons (Fsp3) is 0.333. The third kappa shape index (κ3) is 3.67. The monoisotopic (exact) mass is 254 g/mol. The van der Waals surface area contributed by atoms with Crippen molar-refractivity contribution in [2.24, 2.45) is 0 Å². The lowest BCUT2D eigenvalue weighted by Crippen LogP contribution is -2.16. The molecule has 1 heterocycles. The zero-order valence-electron chi connectivity index (χ0n) is 11.1. The van der Waals surface area contributed by atoms with Crippen LogP contribution in [0.3, 0.4) is 0 Å². The van der Waals surface area contributed by atoms with Crippen molar-refractivity contribution in [2.45, 2.75) is 26.4 Å². The summed E-state index contributed by atoms with van der Waals surface area (Å²) >= 11 is 0. The van der Waals surface area contributed by atoms with E-state index in [2.05, 4.69) is 27.9 Å². The summed E-state index contributed by atoms with van der Waals surface area (Å²) in [6.45, 7) is 4.79. The molecule has 0 spiro atoms.